The summed E-state index contributed by atoms with van der Waals surface area (Å²) in [6.45, 7) is 9.67. The van der Waals surface area contributed by atoms with E-state index in [-0.39, 0.29) is 18.1 Å². The molecule has 0 bridgehead atoms. The van der Waals surface area contributed by atoms with Gasteiger partial charge in [0.25, 0.3) is 0 Å². The molecular weight excluding hydrogens is 502 g/mol. The lowest BCUT2D eigenvalue weighted by molar-refractivity contribution is -0.140. The number of aromatic amines is 1. The van der Waals surface area contributed by atoms with Crippen molar-refractivity contribution < 1.29 is 9.53 Å². The van der Waals surface area contributed by atoms with Crippen molar-refractivity contribution in [3.8, 4) is 17.0 Å². The number of aromatic nitrogens is 5. The van der Waals surface area contributed by atoms with Crippen LogP contribution in [0.15, 0.2) is 49.1 Å². The van der Waals surface area contributed by atoms with Crippen LogP contribution < -0.4 is 4.74 Å². The van der Waals surface area contributed by atoms with Crippen LogP contribution in [0.5, 0.6) is 5.75 Å². The fraction of sp³-hybridized carbons (Fsp3) is 0.452. The van der Waals surface area contributed by atoms with E-state index in [1.807, 2.05) is 32.2 Å². The zero-order chi connectivity index (χ0) is 27.6. The number of carbonyl (C=O) groups is 1. The quantitative estimate of drug-likeness (QED) is 0.343. The molecule has 1 unspecified atom stereocenters. The van der Waals surface area contributed by atoms with Gasteiger partial charge in [-0.15, -0.1) is 0 Å². The van der Waals surface area contributed by atoms with E-state index < -0.39 is 0 Å². The number of piperazine rings is 1. The van der Waals surface area contributed by atoms with Crippen LogP contribution in [0.25, 0.3) is 22.3 Å². The molecule has 0 radical (unpaired) electrons. The van der Waals surface area contributed by atoms with Crippen LogP contribution in [0.1, 0.15) is 63.2 Å². The summed E-state index contributed by atoms with van der Waals surface area (Å²) in [5, 5.41) is 0. The molecule has 2 fully saturated rings. The van der Waals surface area contributed by atoms with E-state index in [9.17, 15) is 4.79 Å². The number of benzene rings is 1. The number of carbonyl (C=O) groups excluding carboxylic acids is 1. The fourth-order valence-electron chi connectivity index (χ4n) is 5.65. The molecule has 1 saturated heterocycles. The Morgan fingerprint density at radius 3 is 2.65 bits per heavy atom. The summed E-state index contributed by atoms with van der Waals surface area (Å²) in [6.07, 6.45) is 9.12. The van der Waals surface area contributed by atoms with Gasteiger partial charge in [0.05, 0.1) is 23.3 Å². The van der Waals surface area contributed by atoms with Crippen LogP contribution in [0, 0.1) is 5.92 Å². The minimum absolute atomic E-state index is 0.0315. The van der Waals surface area contributed by atoms with E-state index in [1.54, 1.807) is 12.5 Å². The van der Waals surface area contributed by atoms with Gasteiger partial charge in [-0.05, 0) is 63.4 Å². The Bertz CT molecular complexity index is 1490. The largest absolute Gasteiger partial charge is 0.487 e. The number of H-pyrrole nitrogens is 1. The van der Waals surface area contributed by atoms with Crippen molar-refractivity contribution in [2.75, 3.05) is 26.2 Å². The van der Waals surface area contributed by atoms with Crippen LogP contribution in [0.3, 0.4) is 0 Å². The molecule has 1 N–H and O–H groups in total. The Morgan fingerprint density at radius 2 is 1.90 bits per heavy atom. The zero-order valence-electron chi connectivity index (χ0n) is 23.5. The first-order valence-electron chi connectivity index (χ1n) is 14.4. The molecule has 9 heteroatoms. The number of fused-ring (bicyclic) bond motifs is 1. The van der Waals surface area contributed by atoms with Gasteiger partial charge in [-0.25, -0.2) is 15.0 Å². The number of amides is 1. The molecule has 0 spiro atoms. The lowest BCUT2D eigenvalue weighted by Gasteiger charge is -2.40. The first-order valence-corrected chi connectivity index (χ1v) is 14.4. The van der Waals surface area contributed by atoms with E-state index in [0.29, 0.717) is 18.1 Å². The minimum Gasteiger partial charge on any atom is -0.487 e. The van der Waals surface area contributed by atoms with Crippen molar-refractivity contribution in [3.63, 3.8) is 0 Å². The molecule has 1 aliphatic heterocycles. The maximum absolute atomic E-state index is 12.6. The van der Waals surface area contributed by atoms with Crippen molar-refractivity contribution in [2.45, 2.75) is 58.6 Å². The summed E-state index contributed by atoms with van der Waals surface area (Å²) >= 11 is 0. The monoisotopic (exact) mass is 539 g/mol. The molecule has 208 valence electrons. The van der Waals surface area contributed by atoms with Crippen LogP contribution in [-0.2, 0) is 11.2 Å². The van der Waals surface area contributed by atoms with Crippen LogP contribution >= 0.6 is 0 Å². The van der Waals surface area contributed by atoms with Gasteiger partial charge < -0.3 is 14.6 Å². The number of nitrogens with zero attached hydrogens (tertiary/aromatic N) is 6. The van der Waals surface area contributed by atoms with Gasteiger partial charge in [-0.1, -0.05) is 12.5 Å². The number of hydrogen-bond acceptors (Lipinski definition) is 7. The molecule has 1 aromatic carbocycles. The second kappa shape index (κ2) is 11.3. The number of rotatable bonds is 8. The molecule has 3 aromatic heterocycles. The molecule has 1 amide bonds. The van der Waals surface area contributed by atoms with Gasteiger partial charge in [0.2, 0.25) is 5.91 Å². The van der Waals surface area contributed by atoms with Crippen molar-refractivity contribution in [1.82, 2.24) is 34.7 Å². The molecule has 1 aliphatic carbocycles. The van der Waals surface area contributed by atoms with E-state index in [4.69, 9.17) is 9.72 Å². The third-order valence-corrected chi connectivity index (χ3v) is 8.15. The summed E-state index contributed by atoms with van der Waals surface area (Å²) in [6, 6.07) is 10.6. The summed E-state index contributed by atoms with van der Waals surface area (Å²) in [4.78, 5) is 38.7. The fourth-order valence-corrected chi connectivity index (χ4v) is 5.65. The lowest BCUT2D eigenvalue weighted by atomic mass is 9.84. The normalized spacial score (nSPS) is 17.2. The SMILES string of the molecule is CC(C)Oc1cncnc1-c1ccc2nc(Cc3cc(C(C)N4CCN(C(=O)C5CCC5)CC4)ccn3)[nH]c2c1. The molecular formula is C31H37N7O2. The van der Waals surface area contributed by atoms with Crippen molar-refractivity contribution >= 4 is 16.9 Å². The third kappa shape index (κ3) is 5.56. The van der Waals surface area contributed by atoms with E-state index in [2.05, 4.69) is 54.9 Å². The van der Waals surface area contributed by atoms with Gasteiger partial charge in [0.1, 0.15) is 17.8 Å². The average molecular weight is 540 g/mol. The zero-order valence-corrected chi connectivity index (χ0v) is 23.5. The van der Waals surface area contributed by atoms with Gasteiger partial charge in [-0.2, -0.15) is 0 Å². The first kappa shape index (κ1) is 26.4. The molecule has 6 rings (SSSR count). The van der Waals surface area contributed by atoms with Gasteiger partial charge in [-0.3, -0.25) is 14.7 Å². The predicted octanol–water partition coefficient (Wildman–Crippen LogP) is 4.80. The van der Waals surface area contributed by atoms with Crippen molar-refractivity contribution in [2.24, 2.45) is 5.92 Å². The Hall–Kier alpha value is -3.85. The minimum atomic E-state index is 0.0315. The maximum atomic E-state index is 12.6. The average Bonchev–Trinajstić information content (AvgIpc) is 3.33. The topological polar surface area (TPSA) is 100 Å². The van der Waals surface area contributed by atoms with E-state index >= 15 is 0 Å². The second-order valence-electron chi connectivity index (χ2n) is 11.2. The van der Waals surface area contributed by atoms with E-state index in [0.717, 1.165) is 72.8 Å². The van der Waals surface area contributed by atoms with Crippen LogP contribution in [-0.4, -0.2) is 72.9 Å². The third-order valence-electron chi connectivity index (χ3n) is 8.15. The van der Waals surface area contributed by atoms with Crippen molar-refractivity contribution in [3.05, 3.63) is 66.1 Å². The summed E-state index contributed by atoms with van der Waals surface area (Å²) in [7, 11) is 0. The molecule has 4 heterocycles. The van der Waals surface area contributed by atoms with Gasteiger partial charge in [0.15, 0.2) is 5.75 Å². The molecule has 1 saturated carbocycles. The summed E-state index contributed by atoms with van der Waals surface area (Å²) in [5.41, 5.74) is 5.77. The standard InChI is InChI=1S/C31H37N7O2/c1-20(2)40-28-18-32-19-34-30(28)24-7-8-26-27(16-24)36-29(35-26)17-25-15-23(9-10-33-25)21(3)37-11-13-38(14-12-37)31(39)22-5-4-6-22/h7-10,15-16,18-22H,4-6,11-14,17H2,1-3H3,(H,35,36). The molecule has 1 atom stereocenters. The Labute approximate surface area is 235 Å². The van der Waals surface area contributed by atoms with E-state index in [1.165, 1.54) is 12.0 Å². The highest BCUT2D eigenvalue weighted by atomic mass is 16.5. The van der Waals surface area contributed by atoms with Crippen molar-refractivity contribution in [1.29, 1.82) is 0 Å². The Balaban J connectivity index is 1.13. The second-order valence-corrected chi connectivity index (χ2v) is 11.2. The molecule has 4 aromatic rings. The van der Waals surface area contributed by atoms with Gasteiger partial charge in [0, 0.05) is 62.0 Å². The van der Waals surface area contributed by atoms with Crippen LogP contribution in [0.2, 0.25) is 0 Å². The highest BCUT2D eigenvalue weighted by molar-refractivity contribution is 5.82. The van der Waals surface area contributed by atoms with Gasteiger partial charge >= 0.3 is 0 Å². The first-order chi connectivity index (χ1) is 19.4. The Kier molecular flexibility index (Phi) is 7.47. The molecule has 40 heavy (non-hydrogen) atoms. The summed E-state index contributed by atoms with van der Waals surface area (Å²) < 4.78 is 5.92. The van der Waals surface area contributed by atoms with Crippen LogP contribution in [0.4, 0.5) is 0 Å². The predicted molar refractivity (Wildman–Crippen MR) is 154 cm³/mol. The smallest absolute Gasteiger partial charge is 0.225 e. The number of imidazole rings is 1. The lowest BCUT2D eigenvalue weighted by Crippen LogP contribution is -2.51. The highest BCUT2D eigenvalue weighted by Crippen LogP contribution is 2.31. The summed E-state index contributed by atoms with van der Waals surface area (Å²) in [5.74, 6) is 2.18. The highest BCUT2D eigenvalue weighted by Gasteiger charge is 2.32. The number of hydrogen-bond donors (Lipinski definition) is 1. The number of pyridine rings is 1. The molecule has 2 aliphatic rings. The number of ether oxygens (including phenoxy) is 1. The Morgan fingerprint density at radius 1 is 1.07 bits per heavy atom. The molecule has 9 nitrogen and oxygen atoms in total. The maximum Gasteiger partial charge on any atom is 0.225 e. The number of nitrogens with one attached hydrogen (secondary N) is 1.